The van der Waals surface area contributed by atoms with Crippen LogP contribution in [0.5, 0.6) is 11.5 Å². The number of anilines is 1. The molecule has 0 saturated heterocycles. The zero-order chi connectivity index (χ0) is 23.8. The Morgan fingerprint density at radius 2 is 1.76 bits per heavy atom. The Bertz CT molecular complexity index is 1100. The van der Waals surface area contributed by atoms with Crippen molar-refractivity contribution in [2.75, 3.05) is 25.3 Å². The summed E-state index contributed by atoms with van der Waals surface area (Å²) in [6.45, 7) is 1.85. The van der Waals surface area contributed by atoms with Crippen molar-refractivity contribution in [2.45, 2.75) is 24.5 Å². The molecule has 2 aromatic carbocycles. The summed E-state index contributed by atoms with van der Waals surface area (Å²) in [7, 11) is 4.98. The number of hydrogen-bond donors (Lipinski definition) is 2. The van der Waals surface area contributed by atoms with Gasteiger partial charge in [-0.2, -0.15) is 0 Å². The lowest BCUT2D eigenvalue weighted by Gasteiger charge is -2.14. The number of thioether (sulfide) groups is 1. The van der Waals surface area contributed by atoms with Crippen LogP contribution in [0.4, 0.5) is 5.69 Å². The van der Waals surface area contributed by atoms with E-state index in [1.807, 2.05) is 44.3 Å². The van der Waals surface area contributed by atoms with Gasteiger partial charge in [0.05, 0.1) is 32.4 Å². The largest absolute Gasteiger partial charge is 0.497 e. The average Bonchev–Trinajstić information content (AvgIpc) is 3.18. The molecule has 0 saturated carbocycles. The zero-order valence-electron chi connectivity index (χ0n) is 19.0. The van der Waals surface area contributed by atoms with Crippen LogP contribution in [0.2, 0.25) is 0 Å². The van der Waals surface area contributed by atoms with Crippen LogP contribution in [0, 0.1) is 0 Å². The Kier molecular flexibility index (Phi) is 8.31. The Morgan fingerprint density at radius 1 is 1.03 bits per heavy atom. The summed E-state index contributed by atoms with van der Waals surface area (Å²) in [6.07, 6.45) is 0.248. The third kappa shape index (κ3) is 6.72. The van der Waals surface area contributed by atoms with E-state index in [1.54, 1.807) is 37.0 Å². The number of rotatable bonds is 10. The summed E-state index contributed by atoms with van der Waals surface area (Å²) >= 11 is 1.27. The molecule has 174 valence electrons. The van der Waals surface area contributed by atoms with Gasteiger partial charge in [0.25, 0.3) is 0 Å². The number of benzene rings is 2. The summed E-state index contributed by atoms with van der Waals surface area (Å²) in [6, 6.07) is 14.2. The van der Waals surface area contributed by atoms with Crippen LogP contribution in [0.25, 0.3) is 0 Å². The first-order chi connectivity index (χ1) is 15.9. The highest BCUT2D eigenvalue weighted by atomic mass is 32.2. The van der Waals surface area contributed by atoms with Crippen LogP contribution in [0.3, 0.4) is 0 Å². The van der Waals surface area contributed by atoms with Crippen LogP contribution in [0.15, 0.2) is 53.7 Å². The Balaban J connectivity index is 1.52. The minimum atomic E-state index is -0.340. The lowest BCUT2D eigenvalue weighted by atomic mass is 10.1. The van der Waals surface area contributed by atoms with E-state index in [0.717, 1.165) is 11.3 Å². The first-order valence-electron chi connectivity index (χ1n) is 10.3. The van der Waals surface area contributed by atoms with Gasteiger partial charge in [-0.1, -0.05) is 30.0 Å². The average molecular weight is 470 g/mol. The smallest absolute Gasteiger partial charge is 0.234 e. The molecule has 0 radical (unpaired) electrons. The molecular weight excluding hydrogens is 442 g/mol. The molecule has 2 amide bonds. The molecule has 1 heterocycles. The quantitative estimate of drug-likeness (QED) is 0.440. The molecule has 0 aliphatic rings. The summed E-state index contributed by atoms with van der Waals surface area (Å²) in [4.78, 5) is 24.7. The van der Waals surface area contributed by atoms with Gasteiger partial charge in [-0.15, -0.1) is 10.2 Å². The molecule has 1 atom stereocenters. The number of ether oxygens (including phenoxy) is 2. The van der Waals surface area contributed by atoms with Crippen LogP contribution >= 0.6 is 11.8 Å². The van der Waals surface area contributed by atoms with Gasteiger partial charge in [-0.05, 0) is 36.8 Å². The van der Waals surface area contributed by atoms with E-state index in [4.69, 9.17) is 9.47 Å². The fourth-order valence-corrected chi connectivity index (χ4v) is 3.86. The number of methoxy groups -OCH3 is 2. The van der Waals surface area contributed by atoms with Crippen LogP contribution in [-0.2, 0) is 23.1 Å². The molecular formula is C23H27N5O4S. The first kappa shape index (κ1) is 24.1. The number of aromatic nitrogens is 3. The highest BCUT2D eigenvalue weighted by Crippen LogP contribution is 2.21. The SMILES string of the molecule is COc1ccc(CC(=O)NC(C)c2nnc(SCC(=O)Nc3cccc(OC)c3)n2C)cc1. The molecule has 2 N–H and O–H groups in total. The van der Waals surface area contributed by atoms with Gasteiger partial charge in [-0.25, -0.2) is 0 Å². The monoisotopic (exact) mass is 469 g/mol. The molecule has 3 rings (SSSR count). The fourth-order valence-electron chi connectivity index (χ4n) is 3.14. The van der Waals surface area contributed by atoms with Crippen molar-refractivity contribution in [3.8, 4) is 11.5 Å². The van der Waals surface area contributed by atoms with Gasteiger partial charge < -0.3 is 24.7 Å². The first-order valence-corrected chi connectivity index (χ1v) is 11.3. The highest BCUT2D eigenvalue weighted by molar-refractivity contribution is 7.99. The van der Waals surface area contributed by atoms with Crippen LogP contribution in [0.1, 0.15) is 24.4 Å². The third-order valence-corrected chi connectivity index (χ3v) is 5.86. The Morgan fingerprint density at radius 3 is 2.45 bits per heavy atom. The van der Waals surface area contributed by atoms with Crippen molar-refractivity contribution in [1.82, 2.24) is 20.1 Å². The van der Waals surface area contributed by atoms with Gasteiger partial charge in [0.15, 0.2) is 11.0 Å². The van der Waals surface area contributed by atoms with Crippen molar-refractivity contribution < 1.29 is 19.1 Å². The van der Waals surface area contributed by atoms with E-state index < -0.39 is 0 Å². The third-order valence-electron chi connectivity index (χ3n) is 4.84. The van der Waals surface area contributed by atoms with E-state index in [1.165, 1.54) is 11.8 Å². The summed E-state index contributed by atoms with van der Waals surface area (Å²) in [5.74, 6) is 1.90. The maximum atomic E-state index is 12.4. The maximum absolute atomic E-state index is 12.4. The van der Waals surface area contributed by atoms with E-state index in [0.29, 0.717) is 22.4 Å². The number of hydrogen-bond acceptors (Lipinski definition) is 7. The van der Waals surface area contributed by atoms with Crippen molar-refractivity contribution in [2.24, 2.45) is 7.05 Å². The molecule has 0 spiro atoms. The van der Waals surface area contributed by atoms with Gasteiger partial charge in [0.1, 0.15) is 11.5 Å². The van der Waals surface area contributed by atoms with E-state index in [9.17, 15) is 9.59 Å². The molecule has 0 bridgehead atoms. The molecule has 3 aromatic rings. The number of carbonyl (C=O) groups excluding carboxylic acids is 2. The van der Waals surface area contributed by atoms with E-state index in [-0.39, 0.29) is 30.0 Å². The van der Waals surface area contributed by atoms with E-state index >= 15 is 0 Å². The molecule has 0 aliphatic heterocycles. The summed E-state index contributed by atoms with van der Waals surface area (Å²) < 4.78 is 12.1. The minimum absolute atomic E-state index is 0.123. The van der Waals surface area contributed by atoms with Crippen molar-refractivity contribution in [3.05, 3.63) is 59.9 Å². The van der Waals surface area contributed by atoms with Gasteiger partial charge in [-0.3, -0.25) is 9.59 Å². The normalized spacial score (nSPS) is 11.5. The van der Waals surface area contributed by atoms with Gasteiger partial charge in [0.2, 0.25) is 11.8 Å². The number of carbonyl (C=O) groups is 2. The molecule has 9 nitrogen and oxygen atoms in total. The topological polar surface area (TPSA) is 107 Å². The Hall–Kier alpha value is -3.53. The van der Waals surface area contributed by atoms with Crippen LogP contribution in [-0.4, -0.2) is 46.6 Å². The predicted octanol–water partition coefficient (Wildman–Crippen LogP) is 2.98. The number of amides is 2. The Labute approximate surface area is 196 Å². The second kappa shape index (κ2) is 11.4. The highest BCUT2D eigenvalue weighted by Gasteiger charge is 2.18. The molecule has 10 heteroatoms. The number of nitrogens with one attached hydrogen (secondary N) is 2. The molecule has 1 unspecified atom stereocenters. The van der Waals surface area contributed by atoms with E-state index in [2.05, 4.69) is 20.8 Å². The molecule has 0 fully saturated rings. The summed E-state index contributed by atoms with van der Waals surface area (Å²) in [5.41, 5.74) is 1.54. The molecule has 33 heavy (non-hydrogen) atoms. The van der Waals surface area contributed by atoms with Crippen molar-refractivity contribution in [1.29, 1.82) is 0 Å². The van der Waals surface area contributed by atoms with Gasteiger partial charge >= 0.3 is 0 Å². The minimum Gasteiger partial charge on any atom is -0.497 e. The second-order valence-corrected chi connectivity index (χ2v) is 8.23. The summed E-state index contributed by atoms with van der Waals surface area (Å²) in [5, 5.41) is 14.7. The predicted molar refractivity (Wildman–Crippen MR) is 127 cm³/mol. The van der Waals surface area contributed by atoms with Crippen LogP contribution < -0.4 is 20.1 Å². The van der Waals surface area contributed by atoms with Crippen molar-refractivity contribution >= 4 is 29.3 Å². The molecule has 1 aromatic heterocycles. The lowest BCUT2D eigenvalue weighted by Crippen LogP contribution is -2.29. The lowest BCUT2D eigenvalue weighted by molar-refractivity contribution is -0.121. The standard InChI is InChI=1S/C23H27N5O4S/c1-15(24-20(29)12-16-8-10-18(31-3)11-9-16)22-26-27-23(28(22)2)33-14-21(30)25-17-6-5-7-19(13-17)32-4/h5-11,13,15H,12,14H2,1-4H3,(H,24,29)(H,25,30). The fraction of sp³-hybridized carbons (Fsp3) is 0.304. The molecule has 0 aliphatic carbocycles. The number of nitrogens with zero attached hydrogens (tertiary/aromatic N) is 3. The maximum Gasteiger partial charge on any atom is 0.234 e. The van der Waals surface area contributed by atoms with Gasteiger partial charge in [0, 0.05) is 18.8 Å². The zero-order valence-corrected chi connectivity index (χ0v) is 19.8. The van der Waals surface area contributed by atoms with Crippen molar-refractivity contribution in [3.63, 3.8) is 0 Å². The second-order valence-electron chi connectivity index (χ2n) is 7.28.